The van der Waals surface area contributed by atoms with Gasteiger partial charge in [-0.3, -0.25) is 0 Å². The van der Waals surface area contributed by atoms with E-state index in [-0.39, 0.29) is 6.61 Å². The van der Waals surface area contributed by atoms with Gasteiger partial charge in [0, 0.05) is 18.7 Å². The molecule has 0 saturated carbocycles. The maximum absolute atomic E-state index is 11.8. The van der Waals surface area contributed by atoms with Crippen LogP contribution in [0.5, 0.6) is 5.75 Å². The highest BCUT2D eigenvalue weighted by molar-refractivity contribution is 5.85. The van der Waals surface area contributed by atoms with Crippen LogP contribution in [-0.2, 0) is 15.1 Å². The Bertz CT molecular complexity index is 509. The minimum Gasteiger partial charge on any atom is -0.423 e. The molecule has 0 radical (unpaired) electrons. The second-order valence-corrected chi connectivity index (χ2v) is 5.24. The summed E-state index contributed by atoms with van der Waals surface area (Å²) in [5, 5.41) is 9.53. The standard InChI is InChI=1S/C16H22O4/c1-11(2)8-15(18)20-14-9-12(3)6-7-13(14)16(4,10-17)19-5/h6-9,17H,10H2,1-5H3/t16-/m1/s1. The third kappa shape index (κ3) is 3.92. The van der Waals surface area contributed by atoms with Gasteiger partial charge >= 0.3 is 5.97 Å². The molecule has 0 aromatic heterocycles. The molecule has 1 aromatic rings. The van der Waals surface area contributed by atoms with Crippen LogP contribution < -0.4 is 4.74 Å². The number of aryl methyl sites for hydroxylation is 1. The summed E-state index contributed by atoms with van der Waals surface area (Å²) in [6.07, 6.45) is 1.43. The summed E-state index contributed by atoms with van der Waals surface area (Å²) >= 11 is 0. The highest BCUT2D eigenvalue weighted by Crippen LogP contribution is 2.33. The number of ether oxygens (including phenoxy) is 2. The fraction of sp³-hybridized carbons (Fsp3) is 0.438. The first-order chi connectivity index (χ1) is 9.32. The maximum Gasteiger partial charge on any atom is 0.336 e. The van der Waals surface area contributed by atoms with Gasteiger partial charge in [0.2, 0.25) is 0 Å². The molecular formula is C16H22O4. The molecular weight excluding hydrogens is 256 g/mol. The van der Waals surface area contributed by atoms with Gasteiger partial charge in [-0.05, 0) is 39.3 Å². The van der Waals surface area contributed by atoms with E-state index in [1.54, 1.807) is 19.1 Å². The van der Waals surface area contributed by atoms with E-state index in [9.17, 15) is 9.90 Å². The number of allylic oxidation sites excluding steroid dienone is 1. The van der Waals surface area contributed by atoms with Crippen molar-refractivity contribution in [3.05, 3.63) is 41.0 Å². The van der Waals surface area contributed by atoms with Crippen LogP contribution in [0.4, 0.5) is 0 Å². The summed E-state index contributed by atoms with van der Waals surface area (Å²) in [4.78, 5) is 11.8. The number of aliphatic hydroxyl groups is 1. The van der Waals surface area contributed by atoms with Gasteiger partial charge in [-0.25, -0.2) is 4.79 Å². The van der Waals surface area contributed by atoms with E-state index in [1.165, 1.54) is 13.2 Å². The van der Waals surface area contributed by atoms with E-state index >= 15 is 0 Å². The number of esters is 1. The van der Waals surface area contributed by atoms with Crippen molar-refractivity contribution in [1.29, 1.82) is 0 Å². The molecule has 0 unspecified atom stereocenters. The van der Waals surface area contributed by atoms with Gasteiger partial charge in [-0.1, -0.05) is 17.7 Å². The Hall–Kier alpha value is -1.65. The van der Waals surface area contributed by atoms with Gasteiger partial charge in [0.15, 0.2) is 0 Å². The lowest BCUT2D eigenvalue weighted by molar-refractivity contribution is -0.129. The molecule has 0 amide bonds. The molecule has 0 fully saturated rings. The second kappa shape index (κ2) is 6.68. The number of benzene rings is 1. The van der Waals surface area contributed by atoms with Crippen molar-refractivity contribution >= 4 is 5.97 Å². The Labute approximate surface area is 120 Å². The molecule has 110 valence electrons. The van der Waals surface area contributed by atoms with E-state index in [2.05, 4.69) is 0 Å². The van der Waals surface area contributed by atoms with Crippen LogP contribution in [0.3, 0.4) is 0 Å². The van der Waals surface area contributed by atoms with Crippen molar-refractivity contribution in [3.63, 3.8) is 0 Å². The van der Waals surface area contributed by atoms with Crippen molar-refractivity contribution in [3.8, 4) is 5.75 Å². The normalized spacial score (nSPS) is 13.5. The Kier molecular flexibility index (Phi) is 5.48. The van der Waals surface area contributed by atoms with E-state index < -0.39 is 11.6 Å². The number of hydrogen-bond acceptors (Lipinski definition) is 4. The fourth-order valence-corrected chi connectivity index (χ4v) is 1.78. The summed E-state index contributed by atoms with van der Waals surface area (Å²) in [6.45, 7) is 7.09. The summed E-state index contributed by atoms with van der Waals surface area (Å²) in [5.74, 6) is -0.0286. The molecule has 0 aliphatic heterocycles. The van der Waals surface area contributed by atoms with Gasteiger partial charge in [0.05, 0.1) is 6.61 Å². The minimum atomic E-state index is -0.908. The number of aliphatic hydroxyl groups excluding tert-OH is 1. The van der Waals surface area contributed by atoms with Crippen molar-refractivity contribution < 1.29 is 19.4 Å². The Morgan fingerprint density at radius 1 is 1.40 bits per heavy atom. The average molecular weight is 278 g/mol. The van der Waals surface area contributed by atoms with Crippen LogP contribution in [0.1, 0.15) is 31.9 Å². The zero-order valence-electron chi connectivity index (χ0n) is 12.7. The smallest absolute Gasteiger partial charge is 0.336 e. The Balaban J connectivity index is 3.21. The molecule has 1 atom stereocenters. The predicted molar refractivity (Wildman–Crippen MR) is 77.7 cm³/mol. The summed E-state index contributed by atoms with van der Waals surface area (Å²) in [6, 6.07) is 5.46. The van der Waals surface area contributed by atoms with E-state index in [0.717, 1.165) is 11.1 Å². The SMILES string of the molecule is CO[C@](C)(CO)c1ccc(C)cc1OC(=O)C=C(C)C. The number of carbonyl (C=O) groups is 1. The van der Waals surface area contributed by atoms with Gasteiger partial charge < -0.3 is 14.6 Å². The maximum atomic E-state index is 11.8. The molecule has 1 aromatic carbocycles. The molecule has 1 N–H and O–H groups in total. The van der Waals surface area contributed by atoms with Gasteiger partial charge in [0.1, 0.15) is 11.4 Å². The molecule has 1 rings (SSSR count). The fourth-order valence-electron chi connectivity index (χ4n) is 1.78. The average Bonchev–Trinajstić information content (AvgIpc) is 2.37. The highest BCUT2D eigenvalue weighted by Gasteiger charge is 2.29. The first kappa shape index (κ1) is 16.4. The van der Waals surface area contributed by atoms with Crippen LogP contribution in [0.15, 0.2) is 29.8 Å². The van der Waals surface area contributed by atoms with E-state index in [0.29, 0.717) is 11.3 Å². The van der Waals surface area contributed by atoms with Crippen LogP contribution in [0, 0.1) is 6.92 Å². The van der Waals surface area contributed by atoms with E-state index in [4.69, 9.17) is 9.47 Å². The molecule has 4 heteroatoms. The van der Waals surface area contributed by atoms with Gasteiger partial charge in [0.25, 0.3) is 0 Å². The zero-order valence-corrected chi connectivity index (χ0v) is 12.7. The highest BCUT2D eigenvalue weighted by atomic mass is 16.5. The minimum absolute atomic E-state index is 0.209. The van der Waals surface area contributed by atoms with Crippen LogP contribution in [-0.4, -0.2) is 24.8 Å². The first-order valence-electron chi connectivity index (χ1n) is 6.46. The quantitative estimate of drug-likeness (QED) is 0.511. The molecule has 0 aliphatic carbocycles. The van der Waals surface area contributed by atoms with Crippen molar-refractivity contribution in [2.24, 2.45) is 0 Å². The lowest BCUT2D eigenvalue weighted by Crippen LogP contribution is -2.30. The van der Waals surface area contributed by atoms with Gasteiger partial charge in [-0.2, -0.15) is 0 Å². The third-order valence-corrected chi connectivity index (χ3v) is 3.08. The van der Waals surface area contributed by atoms with Crippen molar-refractivity contribution in [2.45, 2.75) is 33.3 Å². The molecule has 4 nitrogen and oxygen atoms in total. The Morgan fingerprint density at radius 3 is 2.55 bits per heavy atom. The van der Waals surface area contributed by atoms with Crippen LogP contribution >= 0.6 is 0 Å². The number of carbonyl (C=O) groups excluding carboxylic acids is 1. The molecule has 20 heavy (non-hydrogen) atoms. The number of hydrogen-bond donors (Lipinski definition) is 1. The third-order valence-electron chi connectivity index (χ3n) is 3.08. The topological polar surface area (TPSA) is 55.8 Å². The molecule has 0 bridgehead atoms. The first-order valence-corrected chi connectivity index (χ1v) is 6.46. The summed E-state index contributed by atoms with van der Waals surface area (Å²) in [7, 11) is 1.51. The van der Waals surface area contributed by atoms with Crippen molar-refractivity contribution in [2.75, 3.05) is 13.7 Å². The molecule has 0 heterocycles. The van der Waals surface area contributed by atoms with E-state index in [1.807, 2.05) is 26.8 Å². The molecule has 0 spiro atoms. The zero-order chi connectivity index (χ0) is 15.3. The second-order valence-electron chi connectivity index (χ2n) is 5.24. The lowest BCUT2D eigenvalue weighted by atomic mass is 9.94. The van der Waals surface area contributed by atoms with Crippen molar-refractivity contribution in [1.82, 2.24) is 0 Å². The predicted octanol–water partition coefficient (Wildman–Crippen LogP) is 2.72. The lowest BCUT2D eigenvalue weighted by Gasteiger charge is -2.28. The molecule has 0 aliphatic rings. The Morgan fingerprint density at radius 2 is 2.05 bits per heavy atom. The largest absolute Gasteiger partial charge is 0.423 e. The molecule has 0 saturated heterocycles. The number of methoxy groups -OCH3 is 1. The monoisotopic (exact) mass is 278 g/mol. The summed E-state index contributed by atoms with van der Waals surface area (Å²) in [5.41, 5.74) is 1.56. The summed E-state index contributed by atoms with van der Waals surface area (Å²) < 4.78 is 10.7. The van der Waals surface area contributed by atoms with Gasteiger partial charge in [-0.15, -0.1) is 0 Å². The van der Waals surface area contributed by atoms with Crippen LogP contribution in [0.25, 0.3) is 0 Å². The number of rotatable bonds is 5. The van der Waals surface area contributed by atoms with Crippen LogP contribution in [0.2, 0.25) is 0 Å².